The van der Waals surface area contributed by atoms with Crippen LogP contribution in [0.2, 0.25) is 0 Å². The van der Waals surface area contributed by atoms with Crippen LogP contribution in [0.4, 0.5) is 13.2 Å². The van der Waals surface area contributed by atoms with Crippen LogP contribution < -0.4 is 11.1 Å². The summed E-state index contributed by atoms with van der Waals surface area (Å²) in [6.45, 7) is 2.43. The fourth-order valence-corrected chi connectivity index (χ4v) is 2.87. The molecular weight excluding hydrogens is 257 g/mol. The molecule has 19 heavy (non-hydrogen) atoms. The van der Waals surface area contributed by atoms with E-state index in [0.717, 1.165) is 6.42 Å². The predicted octanol–water partition coefficient (Wildman–Crippen LogP) is 2.19. The Morgan fingerprint density at radius 2 is 1.95 bits per heavy atom. The van der Waals surface area contributed by atoms with Gasteiger partial charge in [0.1, 0.15) is 0 Å². The topological polar surface area (TPSA) is 58.3 Å². The zero-order chi connectivity index (χ0) is 14.5. The Labute approximate surface area is 112 Å². The SMILES string of the molecule is CCC(CCO)NC1(CN)CCC(C(F)(F)F)CC1. The molecule has 0 amide bonds. The van der Waals surface area contributed by atoms with E-state index in [1.54, 1.807) is 0 Å². The average molecular weight is 282 g/mol. The lowest BCUT2D eigenvalue weighted by Gasteiger charge is -2.43. The third-order valence-electron chi connectivity index (χ3n) is 4.28. The van der Waals surface area contributed by atoms with Crippen molar-refractivity contribution in [2.75, 3.05) is 13.2 Å². The number of halogens is 3. The van der Waals surface area contributed by atoms with Crippen LogP contribution in [0, 0.1) is 5.92 Å². The van der Waals surface area contributed by atoms with Crippen LogP contribution in [-0.2, 0) is 0 Å². The molecule has 1 saturated carbocycles. The van der Waals surface area contributed by atoms with Gasteiger partial charge in [0, 0.05) is 24.7 Å². The van der Waals surface area contributed by atoms with Gasteiger partial charge in [-0.25, -0.2) is 0 Å². The van der Waals surface area contributed by atoms with E-state index in [0.29, 0.717) is 25.8 Å². The lowest BCUT2D eigenvalue weighted by molar-refractivity contribution is -0.185. The molecule has 1 aliphatic rings. The average Bonchev–Trinajstić information content (AvgIpc) is 2.37. The first-order valence-corrected chi connectivity index (χ1v) is 7.02. The second kappa shape index (κ2) is 6.90. The molecule has 1 fully saturated rings. The van der Waals surface area contributed by atoms with Crippen molar-refractivity contribution in [1.29, 1.82) is 0 Å². The zero-order valence-electron chi connectivity index (χ0n) is 11.5. The number of rotatable bonds is 6. The molecule has 1 rings (SSSR count). The molecule has 0 bridgehead atoms. The molecule has 1 unspecified atom stereocenters. The van der Waals surface area contributed by atoms with Gasteiger partial charge in [-0.15, -0.1) is 0 Å². The van der Waals surface area contributed by atoms with E-state index in [2.05, 4.69) is 5.32 Å². The number of aliphatic hydroxyl groups excluding tert-OH is 1. The van der Waals surface area contributed by atoms with Crippen molar-refractivity contribution in [1.82, 2.24) is 5.32 Å². The summed E-state index contributed by atoms with van der Waals surface area (Å²) in [5, 5.41) is 12.4. The van der Waals surface area contributed by atoms with Gasteiger partial charge in [-0.2, -0.15) is 13.2 Å². The minimum absolute atomic E-state index is 0.0807. The first kappa shape index (κ1) is 16.7. The summed E-state index contributed by atoms with van der Waals surface area (Å²) in [7, 11) is 0. The minimum atomic E-state index is -4.09. The maximum absolute atomic E-state index is 12.7. The maximum atomic E-state index is 12.7. The van der Waals surface area contributed by atoms with Gasteiger partial charge in [-0.1, -0.05) is 6.92 Å². The van der Waals surface area contributed by atoms with Crippen molar-refractivity contribution in [3.05, 3.63) is 0 Å². The zero-order valence-corrected chi connectivity index (χ0v) is 11.5. The van der Waals surface area contributed by atoms with Gasteiger partial charge >= 0.3 is 6.18 Å². The summed E-state index contributed by atoms with van der Waals surface area (Å²) in [4.78, 5) is 0. The molecule has 0 spiro atoms. The van der Waals surface area contributed by atoms with Crippen molar-refractivity contribution in [2.24, 2.45) is 11.7 Å². The molecule has 1 atom stereocenters. The van der Waals surface area contributed by atoms with E-state index in [-0.39, 0.29) is 25.5 Å². The Balaban J connectivity index is 2.59. The summed E-state index contributed by atoms with van der Waals surface area (Å²) < 4.78 is 38.0. The van der Waals surface area contributed by atoms with Crippen molar-refractivity contribution in [3.8, 4) is 0 Å². The molecule has 3 nitrogen and oxygen atoms in total. The summed E-state index contributed by atoms with van der Waals surface area (Å²) in [5.41, 5.74) is 5.39. The highest BCUT2D eigenvalue weighted by Crippen LogP contribution is 2.41. The van der Waals surface area contributed by atoms with Crippen LogP contribution >= 0.6 is 0 Å². The molecule has 0 heterocycles. The number of nitrogens with one attached hydrogen (secondary N) is 1. The third-order valence-corrected chi connectivity index (χ3v) is 4.28. The lowest BCUT2D eigenvalue weighted by atomic mass is 9.75. The summed E-state index contributed by atoms with van der Waals surface area (Å²) in [6.07, 6.45) is -1.44. The van der Waals surface area contributed by atoms with Crippen LogP contribution in [0.3, 0.4) is 0 Å². The van der Waals surface area contributed by atoms with Crippen LogP contribution in [0.1, 0.15) is 45.4 Å². The molecule has 1 aliphatic carbocycles. The Morgan fingerprint density at radius 3 is 2.32 bits per heavy atom. The monoisotopic (exact) mass is 282 g/mol. The van der Waals surface area contributed by atoms with Crippen molar-refractivity contribution < 1.29 is 18.3 Å². The normalized spacial score (nSPS) is 30.3. The maximum Gasteiger partial charge on any atom is 0.391 e. The van der Waals surface area contributed by atoms with E-state index >= 15 is 0 Å². The fourth-order valence-electron chi connectivity index (χ4n) is 2.87. The number of hydrogen-bond donors (Lipinski definition) is 3. The van der Waals surface area contributed by atoms with E-state index in [4.69, 9.17) is 10.8 Å². The van der Waals surface area contributed by atoms with Crippen LogP contribution in [0.5, 0.6) is 0 Å². The summed E-state index contributed by atoms with van der Waals surface area (Å²) in [6, 6.07) is 0.121. The number of aliphatic hydroxyl groups is 1. The molecule has 0 aromatic carbocycles. The van der Waals surface area contributed by atoms with Crippen molar-refractivity contribution in [3.63, 3.8) is 0 Å². The highest BCUT2D eigenvalue weighted by molar-refractivity contribution is 4.96. The van der Waals surface area contributed by atoms with Crippen LogP contribution in [0.25, 0.3) is 0 Å². The minimum Gasteiger partial charge on any atom is -0.396 e. The van der Waals surface area contributed by atoms with Gasteiger partial charge in [0.2, 0.25) is 0 Å². The molecule has 6 heteroatoms. The molecule has 4 N–H and O–H groups in total. The van der Waals surface area contributed by atoms with Crippen molar-refractivity contribution >= 4 is 0 Å². The quantitative estimate of drug-likeness (QED) is 0.700. The highest BCUT2D eigenvalue weighted by Gasteiger charge is 2.45. The van der Waals surface area contributed by atoms with E-state index in [1.807, 2.05) is 6.92 Å². The summed E-state index contributed by atoms with van der Waals surface area (Å²) in [5.74, 6) is -1.19. The van der Waals surface area contributed by atoms with Crippen LogP contribution in [0.15, 0.2) is 0 Å². The highest BCUT2D eigenvalue weighted by atomic mass is 19.4. The Kier molecular flexibility index (Phi) is 6.08. The summed E-state index contributed by atoms with van der Waals surface area (Å²) >= 11 is 0. The van der Waals surface area contributed by atoms with Gasteiger partial charge in [0.25, 0.3) is 0 Å². The molecule has 114 valence electrons. The number of nitrogens with two attached hydrogens (primary N) is 1. The van der Waals surface area contributed by atoms with E-state index < -0.39 is 17.6 Å². The van der Waals surface area contributed by atoms with Gasteiger partial charge < -0.3 is 16.2 Å². The van der Waals surface area contributed by atoms with Gasteiger partial charge in [0.05, 0.1) is 5.92 Å². The fraction of sp³-hybridized carbons (Fsp3) is 1.00. The number of alkyl halides is 3. The molecule has 0 saturated heterocycles. The molecular formula is C13H25F3N2O. The lowest BCUT2D eigenvalue weighted by Crippen LogP contribution is -2.57. The third kappa shape index (κ3) is 4.61. The molecule has 0 radical (unpaired) electrons. The van der Waals surface area contributed by atoms with Gasteiger partial charge in [-0.3, -0.25) is 0 Å². The molecule has 0 aliphatic heterocycles. The van der Waals surface area contributed by atoms with Gasteiger partial charge in [0.15, 0.2) is 0 Å². The number of hydrogen-bond acceptors (Lipinski definition) is 3. The van der Waals surface area contributed by atoms with Gasteiger partial charge in [-0.05, 0) is 38.5 Å². The predicted molar refractivity (Wildman–Crippen MR) is 68.7 cm³/mol. The molecule has 0 aromatic rings. The largest absolute Gasteiger partial charge is 0.396 e. The Bertz CT molecular complexity index is 263. The second-order valence-electron chi connectivity index (χ2n) is 5.56. The first-order valence-electron chi connectivity index (χ1n) is 7.02. The second-order valence-corrected chi connectivity index (χ2v) is 5.56. The first-order chi connectivity index (χ1) is 8.87. The smallest absolute Gasteiger partial charge is 0.391 e. The standard InChI is InChI=1S/C13H25F3N2O/c1-2-11(5-8-19)18-12(9-17)6-3-10(4-7-12)13(14,15)16/h10-11,18-19H,2-9,17H2,1H3. The molecule has 0 aromatic heterocycles. The Morgan fingerprint density at radius 1 is 1.37 bits per heavy atom. The van der Waals surface area contributed by atoms with E-state index in [1.165, 1.54) is 0 Å². The Hall–Kier alpha value is -0.330. The van der Waals surface area contributed by atoms with Crippen LogP contribution in [-0.4, -0.2) is 36.0 Å². The van der Waals surface area contributed by atoms with Crippen molar-refractivity contribution in [2.45, 2.75) is 63.2 Å². The van der Waals surface area contributed by atoms with E-state index in [9.17, 15) is 13.2 Å².